The van der Waals surface area contributed by atoms with E-state index in [1.165, 1.54) is 31.5 Å². The number of nitrogens with zero attached hydrogens (tertiary/aromatic N) is 2. The Bertz CT molecular complexity index is 479. The summed E-state index contributed by atoms with van der Waals surface area (Å²) in [4.78, 5) is 5.20. The minimum Gasteiger partial charge on any atom is -0.389 e. The van der Waals surface area contributed by atoms with Crippen LogP contribution in [0.25, 0.3) is 0 Å². The van der Waals surface area contributed by atoms with Crippen molar-refractivity contribution < 1.29 is 0 Å². The predicted octanol–water partition coefficient (Wildman–Crippen LogP) is 2.41. The van der Waals surface area contributed by atoms with E-state index in [-0.39, 0.29) is 0 Å². The minimum atomic E-state index is 0.485. The zero-order valence-electron chi connectivity index (χ0n) is 12.7. The van der Waals surface area contributed by atoms with Crippen molar-refractivity contribution in [3.05, 3.63) is 29.3 Å². The number of aryl methyl sites for hydroxylation is 1. The van der Waals surface area contributed by atoms with Gasteiger partial charge in [0.25, 0.3) is 0 Å². The van der Waals surface area contributed by atoms with E-state index in [1.807, 2.05) is 0 Å². The fourth-order valence-electron chi connectivity index (χ4n) is 2.91. The van der Waals surface area contributed by atoms with Crippen LogP contribution in [0.1, 0.15) is 24.0 Å². The summed E-state index contributed by atoms with van der Waals surface area (Å²) in [6.07, 6.45) is 2.55. The maximum atomic E-state index is 5.87. The Morgan fingerprint density at radius 1 is 1.40 bits per heavy atom. The Labute approximate surface area is 127 Å². The largest absolute Gasteiger partial charge is 0.389 e. The highest BCUT2D eigenvalue weighted by molar-refractivity contribution is 7.80. The molecule has 0 bridgehead atoms. The first kappa shape index (κ1) is 15.3. The van der Waals surface area contributed by atoms with Gasteiger partial charge in [0.15, 0.2) is 0 Å². The molecule has 1 heterocycles. The van der Waals surface area contributed by atoms with Crippen LogP contribution in [0.3, 0.4) is 0 Å². The maximum absolute atomic E-state index is 5.87. The summed E-state index contributed by atoms with van der Waals surface area (Å²) < 4.78 is 0. The highest BCUT2D eigenvalue weighted by Gasteiger charge is 2.19. The Kier molecular flexibility index (Phi) is 5.00. The molecule has 1 saturated heterocycles. The molecule has 0 aliphatic carbocycles. The molecule has 1 fully saturated rings. The van der Waals surface area contributed by atoms with Crippen LogP contribution in [-0.4, -0.2) is 43.6 Å². The van der Waals surface area contributed by atoms with Crippen molar-refractivity contribution in [3.8, 4) is 0 Å². The zero-order chi connectivity index (χ0) is 14.7. The van der Waals surface area contributed by atoms with E-state index < -0.39 is 0 Å². The van der Waals surface area contributed by atoms with Crippen LogP contribution in [0.4, 0.5) is 5.69 Å². The number of thiocarbonyl (C=S) groups is 1. The van der Waals surface area contributed by atoms with Crippen molar-refractivity contribution in [2.75, 3.05) is 38.6 Å². The van der Waals surface area contributed by atoms with Crippen molar-refractivity contribution in [2.24, 2.45) is 11.7 Å². The molecule has 3 nitrogen and oxygen atoms in total. The van der Waals surface area contributed by atoms with E-state index >= 15 is 0 Å². The fourth-order valence-corrected chi connectivity index (χ4v) is 3.07. The molecule has 1 aromatic rings. The van der Waals surface area contributed by atoms with E-state index in [2.05, 4.69) is 49.0 Å². The predicted molar refractivity (Wildman–Crippen MR) is 90.6 cm³/mol. The van der Waals surface area contributed by atoms with Crippen molar-refractivity contribution in [1.29, 1.82) is 0 Å². The lowest BCUT2D eigenvalue weighted by molar-refractivity contribution is 0.222. The summed E-state index contributed by atoms with van der Waals surface area (Å²) in [5.74, 6) is 0.761. The number of anilines is 1. The van der Waals surface area contributed by atoms with Gasteiger partial charge in [-0.2, -0.15) is 0 Å². The Morgan fingerprint density at radius 2 is 2.05 bits per heavy atom. The van der Waals surface area contributed by atoms with Crippen molar-refractivity contribution in [3.63, 3.8) is 0 Å². The van der Waals surface area contributed by atoms with Gasteiger partial charge in [-0.1, -0.05) is 23.8 Å². The second kappa shape index (κ2) is 6.55. The number of piperidine rings is 1. The first-order chi connectivity index (χ1) is 9.47. The van der Waals surface area contributed by atoms with Crippen LogP contribution in [0.2, 0.25) is 0 Å². The Hall–Kier alpha value is -1.13. The van der Waals surface area contributed by atoms with Gasteiger partial charge in [0.2, 0.25) is 0 Å². The summed E-state index contributed by atoms with van der Waals surface area (Å²) in [7, 11) is 4.34. The third-order valence-corrected chi connectivity index (χ3v) is 4.42. The third kappa shape index (κ3) is 3.70. The van der Waals surface area contributed by atoms with Crippen LogP contribution in [-0.2, 0) is 0 Å². The molecular weight excluding hydrogens is 266 g/mol. The van der Waals surface area contributed by atoms with Gasteiger partial charge in [0.05, 0.1) is 0 Å². The standard InChI is InChI=1S/C16H25N3S/c1-12-4-5-15(14(10-12)16(17)20)19(3)11-13-6-8-18(2)9-7-13/h4-5,10,13H,6-9,11H2,1-3H3,(H2,17,20). The Morgan fingerprint density at radius 3 is 2.65 bits per heavy atom. The van der Waals surface area contributed by atoms with Gasteiger partial charge in [0, 0.05) is 24.8 Å². The molecule has 110 valence electrons. The van der Waals surface area contributed by atoms with E-state index in [0.717, 1.165) is 23.7 Å². The smallest absolute Gasteiger partial charge is 0.106 e. The topological polar surface area (TPSA) is 32.5 Å². The summed E-state index contributed by atoms with van der Waals surface area (Å²) in [6, 6.07) is 6.35. The lowest BCUT2D eigenvalue weighted by atomic mass is 9.96. The molecule has 1 aromatic carbocycles. The lowest BCUT2D eigenvalue weighted by Gasteiger charge is -2.33. The quantitative estimate of drug-likeness (QED) is 0.864. The minimum absolute atomic E-state index is 0.485. The van der Waals surface area contributed by atoms with Crippen molar-refractivity contribution in [1.82, 2.24) is 4.90 Å². The molecule has 4 heteroatoms. The second-order valence-corrected chi connectivity index (χ2v) is 6.45. The molecule has 0 spiro atoms. The van der Waals surface area contributed by atoms with Gasteiger partial charge in [0.1, 0.15) is 4.99 Å². The fraction of sp³-hybridized carbons (Fsp3) is 0.562. The van der Waals surface area contributed by atoms with E-state index in [1.54, 1.807) is 0 Å². The highest BCUT2D eigenvalue weighted by Crippen LogP contribution is 2.24. The first-order valence-corrected chi connectivity index (χ1v) is 7.68. The molecule has 1 aliphatic heterocycles. The summed E-state index contributed by atoms with van der Waals surface area (Å²) in [6.45, 7) is 5.55. The summed E-state index contributed by atoms with van der Waals surface area (Å²) in [5, 5.41) is 0. The van der Waals surface area contributed by atoms with Crippen molar-refractivity contribution >= 4 is 22.9 Å². The second-order valence-electron chi connectivity index (χ2n) is 6.01. The van der Waals surface area contributed by atoms with Gasteiger partial charge in [-0.3, -0.25) is 0 Å². The van der Waals surface area contributed by atoms with Gasteiger partial charge >= 0.3 is 0 Å². The van der Waals surface area contributed by atoms with Crippen molar-refractivity contribution in [2.45, 2.75) is 19.8 Å². The molecule has 1 aliphatic rings. The van der Waals surface area contributed by atoms with Gasteiger partial charge in [-0.05, 0) is 58.0 Å². The first-order valence-electron chi connectivity index (χ1n) is 7.27. The number of benzene rings is 1. The number of likely N-dealkylation sites (tertiary alicyclic amines) is 1. The molecule has 20 heavy (non-hydrogen) atoms. The molecular formula is C16H25N3S. The molecule has 0 saturated carbocycles. The Balaban J connectivity index is 2.09. The van der Waals surface area contributed by atoms with E-state index in [9.17, 15) is 0 Å². The van der Waals surface area contributed by atoms with Gasteiger partial charge in [-0.25, -0.2) is 0 Å². The maximum Gasteiger partial charge on any atom is 0.106 e. The summed E-state index contributed by atoms with van der Waals surface area (Å²) >= 11 is 5.19. The number of nitrogens with two attached hydrogens (primary N) is 1. The molecule has 0 radical (unpaired) electrons. The molecule has 0 unspecified atom stereocenters. The molecule has 2 N–H and O–H groups in total. The van der Waals surface area contributed by atoms with Crippen LogP contribution in [0, 0.1) is 12.8 Å². The number of rotatable bonds is 4. The van der Waals surface area contributed by atoms with Gasteiger partial charge < -0.3 is 15.5 Å². The van der Waals surface area contributed by atoms with E-state index in [4.69, 9.17) is 18.0 Å². The number of hydrogen-bond acceptors (Lipinski definition) is 3. The normalized spacial score (nSPS) is 17.1. The molecule has 0 aromatic heterocycles. The molecule has 0 amide bonds. The van der Waals surface area contributed by atoms with Crippen LogP contribution in [0.15, 0.2) is 18.2 Å². The van der Waals surface area contributed by atoms with Crippen LogP contribution in [0.5, 0.6) is 0 Å². The lowest BCUT2D eigenvalue weighted by Crippen LogP contribution is -2.36. The molecule has 2 rings (SSSR count). The van der Waals surface area contributed by atoms with Crippen LogP contribution < -0.4 is 10.6 Å². The highest BCUT2D eigenvalue weighted by atomic mass is 32.1. The van der Waals surface area contributed by atoms with Crippen LogP contribution >= 0.6 is 12.2 Å². The zero-order valence-corrected chi connectivity index (χ0v) is 13.5. The average Bonchev–Trinajstić information content (AvgIpc) is 2.41. The monoisotopic (exact) mass is 291 g/mol. The van der Waals surface area contributed by atoms with E-state index in [0.29, 0.717) is 4.99 Å². The SMILES string of the molecule is Cc1ccc(N(C)CC2CCN(C)CC2)c(C(N)=S)c1. The van der Waals surface area contributed by atoms with Gasteiger partial charge in [-0.15, -0.1) is 0 Å². The number of hydrogen-bond donors (Lipinski definition) is 1. The third-order valence-electron chi connectivity index (χ3n) is 4.20. The average molecular weight is 291 g/mol. The summed E-state index contributed by atoms with van der Waals surface area (Å²) in [5.41, 5.74) is 9.22. The molecule has 0 atom stereocenters.